The minimum atomic E-state index is -1.46. The molecule has 0 bridgehead atoms. The van der Waals surface area contributed by atoms with Crippen molar-refractivity contribution in [3.63, 3.8) is 0 Å². The third kappa shape index (κ3) is 4.23. The number of benzene rings is 1. The highest BCUT2D eigenvalue weighted by atomic mass is 28.4. The smallest absolute Gasteiger partial charge is 0.183 e. The summed E-state index contributed by atoms with van der Waals surface area (Å²) in [4.78, 5) is 0. The van der Waals surface area contributed by atoms with Crippen molar-refractivity contribution < 1.29 is 9.16 Å². The van der Waals surface area contributed by atoms with E-state index in [9.17, 15) is 0 Å². The second kappa shape index (κ2) is 7.18. The molecular formula is C22H28O2Si. The summed E-state index contributed by atoms with van der Waals surface area (Å²) in [6.45, 7) is 12.3. The first-order valence-electron chi connectivity index (χ1n) is 9.02. The van der Waals surface area contributed by atoms with Gasteiger partial charge in [0.1, 0.15) is 12.4 Å². The van der Waals surface area contributed by atoms with E-state index in [4.69, 9.17) is 9.16 Å². The standard InChI is InChI=1S/C22H28O2Si/c1-16(2)22-20-9-7-6-8-17(20)15-21(22)18-10-11-19(14-18)23-12-13-24-25(3,4)5/h6-9,11,14-15H,10,12-13H2,1-5H3. The van der Waals surface area contributed by atoms with Crippen molar-refractivity contribution in [2.24, 2.45) is 0 Å². The van der Waals surface area contributed by atoms with Crippen LogP contribution in [-0.2, 0) is 9.16 Å². The Balaban J connectivity index is 1.69. The molecule has 3 heteroatoms. The molecular weight excluding hydrogens is 324 g/mol. The molecule has 0 amide bonds. The minimum Gasteiger partial charge on any atom is -0.492 e. The molecule has 0 spiro atoms. The Labute approximate surface area is 152 Å². The van der Waals surface area contributed by atoms with Crippen LogP contribution in [0.5, 0.6) is 0 Å². The van der Waals surface area contributed by atoms with Crippen LogP contribution in [0, 0.1) is 0 Å². The van der Waals surface area contributed by atoms with Crippen LogP contribution in [0.4, 0.5) is 0 Å². The van der Waals surface area contributed by atoms with Crippen molar-refractivity contribution in [2.75, 3.05) is 13.2 Å². The Kier molecular flexibility index (Phi) is 5.16. The zero-order chi connectivity index (χ0) is 18.0. The zero-order valence-corrected chi connectivity index (χ0v) is 17.0. The van der Waals surface area contributed by atoms with Gasteiger partial charge in [-0.05, 0) is 86.0 Å². The number of allylic oxidation sites excluding steroid dienone is 6. The van der Waals surface area contributed by atoms with Gasteiger partial charge in [0.15, 0.2) is 8.32 Å². The summed E-state index contributed by atoms with van der Waals surface area (Å²) in [5.41, 5.74) is 8.07. The molecule has 0 aliphatic heterocycles. The predicted molar refractivity (Wildman–Crippen MR) is 109 cm³/mol. The van der Waals surface area contributed by atoms with Gasteiger partial charge in [0.2, 0.25) is 0 Å². The summed E-state index contributed by atoms with van der Waals surface area (Å²) in [7, 11) is -1.46. The molecule has 0 radical (unpaired) electrons. The lowest BCUT2D eigenvalue weighted by Gasteiger charge is -2.17. The highest BCUT2D eigenvalue weighted by Gasteiger charge is 2.24. The molecule has 2 aliphatic rings. The second-order valence-corrected chi connectivity index (χ2v) is 12.3. The summed E-state index contributed by atoms with van der Waals surface area (Å²) in [6, 6.07) is 8.64. The molecule has 0 atom stereocenters. The van der Waals surface area contributed by atoms with E-state index in [0.717, 1.165) is 12.2 Å². The summed E-state index contributed by atoms with van der Waals surface area (Å²) in [6.07, 6.45) is 7.61. The van der Waals surface area contributed by atoms with Crippen molar-refractivity contribution in [3.8, 4) is 0 Å². The maximum absolute atomic E-state index is 5.90. The molecule has 0 unspecified atom stereocenters. The van der Waals surface area contributed by atoms with Crippen LogP contribution in [0.2, 0.25) is 19.6 Å². The Bertz CT molecular complexity index is 784. The normalized spacial score (nSPS) is 16.4. The van der Waals surface area contributed by atoms with Crippen molar-refractivity contribution in [1.29, 1.82) is 0 Å². The van der Waals surface area contributed by atoms with Crippen LogP contribution in [0.25, 0.3) is 11.6 Å². The molecule has 25 heavy (non-hydrogen) atoms. The number of ether oxygens (including phenoxy) is 1. The maximum Gasteiger partial charge on any atom is 0.183 e. The zero-order valence-electron chi connectivity index (χ0n) is 16.0. The third-order valence-corrected chi connectivity index (χ3v) is 5.44. The quantitative estimate of drug-likeness (QED) is 0.464. The Morgan fingerprint density at radius 3 is 2.52 bits per heavy atom. The molecule has 0 aromatic heterocycles. The Morgan fingerprint density at radius 1 is 1.04 bits per heavy atom. The molecule has 0 fully saturated rings. The first-order valence-corrected chi connectivity index (χ1v) is 12.4. The second-order valence-electron chi connectivity index (χ2n) is 7.81. The van der Waals surface area contributed by atoms with E-state index in [1.54, 1.807) is 0 Å². The van der Waals surface area contributed by atoms with Crippen molar-refractivity contribution >= 4 is 20.0 Å². The summed E-state index contributed by atoms with van der Waals surface area (Å²) >= 11 is 0. The molecule has 2 aliphatic carbocycles. The highest BCUT2D eigenvalue weighted by molar-refractivity contribution is 6.69. The van der Waals surface area contributed by atoms with E-state index in [1.807, 2.05) is 0 Å². The number of fused-ring (bicyclic) bond motifs is 1. The average molecular weight is 353 g/mol. The van der Waals surface area contributed by atoms with Crippen LogP contribution >= 0.6 is 0 Å². The van der Waals surface area contributed by atoms with E-state index in [-0.39, 0.29) is 0 Å². The fourth-order valence-corrected chi connectivity index (χ4v) is 4.01. The number of hydrogen-bond acceptors (Lipinski definition) is 2. The predicted octanol–water partition coefficient (Wildman–Crippen LogP) is 5.96. The van der Waals surface area contributed by atoms with Crippen LogP contribution in [0.1, 0.15) is 31.4 Å². The van der Waals surface area contributed by atoms with E-state index in [0.29, 0.717) is 13.2 Å². The Hall–Kier alpha value is -1.84. The molecule has 3 rings (SSSR count). The first-order chi connectivity index (χ1) is 11.8. The van der Waals surface area contributed by atoms with Gasteiger partial charge in [0, 0.05) is 0 Å². The summed E-state index contributed by atoms with van der Waals surface area (Å²) in [5.74, 6) is 0.971. The van der Waals surface area contributed by atoms with Crippen molar-refractivity contribution in [2.45, 2.75) is 39.9 Å². The molecule has 132 valence electrons. The molecule has 0 saturated heterocycles. The molecule has 0 N–H and O–H groups in total. The van der Waals surface area contributed by atoms with Gasteiger partial charge < -0.3 is 9.16 Å². The summed E-state index contributed by atoms with van der Waals surface area (Å²) < 4.78 is 11.8. The van der Waals surface area contributed by atoms with Crippen molar-refractivity contribution in [3.05, 3.63) is 70.0 Å². The fourth-order valence-electron chi connectivity index (χ4n) is 3.31. The van der Waals surface area contributed by atoms with Gasteiger partial charge >= 0.3 is 0 Å². The van der Waals surface area contributed by atoms with Gasteiger partial charge in [0.05, 0.1) is 6.61 Å². The largest absolute Gasteiger partial charge is 0.492 e. The topological polar surface area (TPSA) is 18.5 Å². The molecule has 2 nitrogen and oxygen atoms in total. The molecule has 1 aromatic carbocycles. The van der Waals surface area contributed by atoms with Crippen molar-refractivity contribution in [1.82, 2.24) is 0 Å². The van der Waals surface area contributed by atoms with Crippen LogP contribution < -0.4 is 0 Å². The maximum atomic E-state index is 5.90. The Morgan fingerprint density at radius 2 is 1.80 bits per heavy atom. The third-order valence-electron chi connectivity index (χ3n) is 4.37. The van der Waals surface area contributed by atoms with Gasteiger partial charge in [-0.1, -0.05) is 29.8 Å². The lowest BCUT2D eigenvalue weighted by Crippen LogP contribution is -2.27. The molecule has 1 aromatic rings. The van der Waals surface area contributed by atoms with Gasteiger partial charge in [0.25, 0.3) is 0 Å². The number of hydrogen-bond donors (Lipinski definition) is 0. The van der Waals surface area contributed by atoms with E-state index < -0.39 is 8.32 Å². The first kappa shape index (κ1) is 18.0. The van der Waals surface area contributed by atoms with Crippen LogP contribution in [-0.4, -0.2) is 21.5 Å². The molecule has 0 saturated carbocycles. The summed E-state index contributed by atoms with van der Waals surface area (Å²) in [5, 5.41) is 0. The SMILES string of the molecule is CC(C)=C1C(C2=CC(OCCO[Si](C)(C)C)=CC2)=Cc2ccccc21. The number of rotatable bonds is 6. The van der Waals surface area contributed by atoms with Gasteiger partial charge in [-0.2, -0.15) is 0 Å². The lowest BCUT2D eigenvalue weighted by atomic mass is 9.93. The van der Waals surface area contributed by atoms with Crippen LogP contribution in [0.3, 0.4) is 0 Å². The average Bonchev–Trinajstić information content (AvgIpc) is 3.14. The van der Waals surface area contributed by atoms with E-state index >= 15 is 0 Å². The fraction of sp³-hybridized carbons (Fsp3) is 0.364. The van der Waals surface area contributed by atoms with Gasteiger partial charge in [-0.15, -0.1) is 0 Å². The van der Waals surface area contributed by atoms with E-state index in [2.05, 4.69) is 76.0 Å². The van der Waals surface area contributed by atoms with E-state index in [1.165, 1.54) is 33.4 Å². The minimum absolute atomic E-state index is 0.620. The monoisotopic (exact) mass is 352 g/mol. The van der Waals surface area contributed by atoms with Gasteiger partial charge in [-0.25, -0.2) is 0 Å². The van der Waals surface area contributed by atoms with Crippen LogP contribution in [0.15, 0.2) is 58.9 Å². The van der Waals surface area contributed by atoms with Gasteiger partial charge in [-0.3, -0.25) is 0 Å². The lowest BCUT2D eigenvalue weighted by molar-refractivity contribution is 0.161. The molecule has 0 heterocycles. The highest BCUT2D eigenvalue weighted by Crippen LogP contribution is 2.43.